The molecule has 122 valence electrons. The molecule has 3 rings (SSSR count). The maximum Gasteiger partial charge on any atom is 0.275 e. The summed E-state index contributed by atoms with van der Waals surface area (Å²) in [6, 6.07) is 6.81. The Morgan fingerprint density at radius 1 is 1.25 bits per heavy atom. The normalized spacial score (nSPS) is 10.6. The number of imidazole rings is 1. The lowest BCUT2D eigenvalue weighted by molar-refractivity contribution is 0.101. The maximum atomic E-state index is 12.5. The molecule has 24 heavy (non-hydrogen) atoms. The number of benzene rings is 1. The molecule has 0 aliphatic carbocycles. The molecule has 7 heteroatoms. The van der Waals surface area contributed by atoms with Gasteiger partial charge in [0.1, 0.15) is 5.69 Å². The van der Waals surface area contributed by atoms with Gasteiger partial charge in [0.15, 0.2) is 5.82 Å². The molecule has 0 aliphatic heterocycles. The minimum Gasteiger partial charge on any atom is -0.331 e. The Kier molecular flexibility index (Phi) is 4.26. The third kappa shape index (κ3) is 3.11. The van der Waals surface area contributed by atoms with Crippen molar-refractivity contribution in [2.45, 2.75) is 13.8 Å². The fourth-order valence-corrected chi connectivity index (χ4v) is 3.20. The summed E-state index contributed by atoms with van der Waals surface area (Å²) in [5, 5.41) is 3.64. The molecule has 0 saturated heterocycles. The van der Waals surface area contributed by atoms with Crippen LogP contribution >= 0.6 is 11.3 Å². The molecule has 0 fully saturated rings. The van der Waals surface area contributed by atoms with E-state index in [9.17, 15) is 9.59 Å². The Morgan fingerprint density at radius 3 is 2.67 bits per heavy atom. The minimum atomic E-state index is -0.279. The lowest BCUT2D eigenvalue weighted by Crippen LogP contribution is -2.14. The highest BCUT2D eigenvalue weighted by Crippen LogP contribution is 2.19. The molecule has 0 spiro atoms. The number of ketones is 1. The van der Waals surface area contributed by atoms with Crippen LogP contribution in [0.1, 0.15) is 36.6 Å². The minimum absolute atomic E-state index is 0.195. The standard InChI is InChI=1S/C17H16N4O2S/c1-10-14(19-11(2)24-10)17(23)20-13-6-4-5-12(9-13)15(22)16-18-7-8-21(16)3/h4-9H,1-3H3,(H,20,23). The first-order valence-electron chi connectivity index (χ1n) is 7.33. The third-order valence-electron chi connectivity index (χ3n) is 3.53. The number of rotatable bonds is 4. The van der Waals surface area contributed by atoms with Gasteiger partial charge < -0.3 is 9.88 Å². The first-order valence-corrected chi connectivity index (χ1v) is 8.15. The van der Waals surface area contributed by atoms with Crippen LogP contribution in [-0.4, -0.2) is 26.2 Å². The predicted molar refractivity (Wildman–Crippen MR) is 92.6 cm³/mol. The van der Waals surface area contributed by atoms with Crippen molar-refractivity contribution in [1.29, 1.82) is 0 Å². The molecule has 1 N–H and O–H groups in total. The molecular formula is C17H16N4O2S. The molecule has 6 nitrogen and oxygen atoms in total. The van der Waals surface area contributed by atoms with E-state index < -0.39 is 0 Å². The number of nitrogens with one attached hydrogen (secondary N) is 1. The van der Waals surface area contributed by atoms with E-state index in [4.69, 9.17) is 0 Å². The van der Waals surface area contributed by atoms with Crippen LogP contribution in [0.2, 0.25) is 0 Å². The van der Waals surface area contributed by atoms with Crippen molar-refractivity contribution in [2.75, 3.05) is 5.32 Å². The highest BCUT2D eigenvalue weighted by molar-refractivity contribution is 7.11. The molecular weight excluding hydrogens is 324 g/mol. The Hall–Kier alpha value is -2.80. The van der Waals surface area contributed by atoms with E-state index in [2.05, 4.69) is 15.3 Å². The van der Waals surface area contributed by atoms with E-state index in [1.54, 1.807) is 48.3 Å². The number of carbonyl (C=O) groups excluding carboxylic acids is 2. The largest absolute Gasteiger partial charge is 0.331 e. The molecule has 1 aromatic carbocycles. The van der Waals surface area contributed by atoms with Crippen LogP contribution in [0.4, 0.5) is 5.69 Å². The van der Waals surface area contributed by atoms with Crippen molar-refractivity contribution in [3.8, 4) is 0 Å². The van der Waals surface area contributed by atoms with E-state index in [1.807, 2.05) is 13.8 Å². The average Bonchev–Trinajstić information content (AvgIpc) is 3.12. The van der Waals surface area contributed by atoms with Crippen LogP contribution in [-0.2, 0) is 7.05 Å². The third-order valence-corrected chi connectivity index (χ3v) is 4.41. The van der Waals surface area contributed by atoms with Gasteiger partial charge in [0.25, 0.3) is 5.91 Å². The van der Waals surface area contributed by atoms with Crippen LogP contribution in [0.15, 0.2) is 36.7 Å². The zero-order valence-corrected chi connectivity index (χ0v) is 14.3. The molecule has 0 atom stereocenters. The number of amides is 1. The van der Waals surface area contributed by atoms with Crippen LogP contribution in [0.5, 0.6) is 0 Å². The van der Waals surface area contributed by atoms with Gasteiger partial charge in [-0.15, -0.1) is 11.3 Å². The lowest BCUT2D eigenvalue weighted by Gasteiger charge is -2.06. The average molecular weight is 340 g/mol. The van der Waals surface area contributed by atoms with Crippen LogP contribution in [0, 0.1) is 13.8 Å². The van der Waals surface area contributed by atoms with E-state index >= 15 is 0 Å². The van der Waals surface area contributed by atoms with Crippen molar-refractivity contribution in [1.82, 2.24) is 14.5 Å². The SMILES string of the molecule is Cc1nc(C(=O)Nc2cccc(C(=O)c3nccn3C)c2)c(C)s1. The molecule has 2 aromatic heterocycles. The summed E-state index contributed by atoms with van der Waals surface area (Å²) in [4.78, 5) is 34.0. The first-order chi connectivity index (χ1) is 11.5. The first kappa shape index (κ1) is 16.1. The number of aryl methyl sites for hydroxylation is 3. The maximum absolute atomic E-state index is 12.5. The van der Waals surface area contributed by atoms with Crippen molar-refractivity contribution >= 4 is 28.7 Å². The lowest BCUT2D eigenvalue weighted by atomic mass is 10.1. The molecule has 0 bridgehead atoms. The number of hydrogen-bond acceptors (Lipinski definition) is 5. The van der Waals surface area contributed by atoms with E-state index in [-0.39, 0.29) is 11.7 Å². The number of hydrogen-bond donors (Lipinski definition) is 1. The highest BCUT2D eigenvalue weighted by atomic mass is 32.1. The van der Waals surface area contributed by atoms with E-state index in [0.29, 0.717) is 22.8 Å². The number of aromatic nitrogens is 3. The molecule has 1 amide bonds. The second-order valence-corrected chi connectivity index (χ2v) is 6.77. The molecule has 2 heterocycles. The van der Waals surface area contributed by atoms with Crippen LogP contribution in [0.25, 0.3) is 0 Å². The molecule has 0 saturated carbocycles. The number of carbonyl (C=O) groups is 2. The summed E-state index contributed by atoms with van der Waals surface area (Å²) in [7, 11) is 1.76. The molecule has 0 unspecified atom stereocenters. The number of anilines is 1. The zero-order valence-electron chi connectivity index (χ0n) is 13.5. The van der Waals surface area contributed by atoms with Gasteiger partial charge in [-0.2, -0.15) is 0 Å². The topological polar surface area (TPSA) is 76.9 Å². The van der Waals surface area contributed by atoms with Gasteiger partial charge >= 0.3 is 0 Å². The van der Waals surface area contributed by atoms with Gasteiger partial charge in [-0.25, -0.2) is 9.97 Å². The summed E-state index contributed by atoms with van der Waals surface area (Å²) in [5.41, 5.74) is 1.43. The predicted octanol–water partition coefficient (Wildman–Crippen LogP) is 2.98. The van der Waals surface area contributed by atoms with Crippen LogP contribution in [0.3, 0.4) is 0 Å². The van der Waals surface area contributed by atoms with Gasteiger partial charge in [-0.3, -0.25) is 9.59 Å². The summed E-state index contributed by atoms with van der Waals surface area (Å²) < 4.78 is 1.66. The van der Waals surface area contributed by atoms with E-state index in [1.165, 1.54) is 11.3 Å². The van der Waals surface area contributed by atoms with Crippen molar-refractivity contribution in [3.63, 3.8) is 0 Å². The fourth-order valence-electron chi connectivity index (χ4n) is 2.38. The molecule has 0 radical (unpaired) electrons. The second-order valence-electron chi connectivity index (χ2n) is 5.36. The number of nitrogens with zero attached hydrogens (tertiary/aromatic N) is 3. The van der Waals surface area contributed by atoms with Gasteiger partial charge in [0.05, 0.1) is 5.01 Å². The van der Waals surface area contributed by atoms with Crippen LogP contribution < -0.4 is 5.32 Å². The molecule has 0 aliphatic rings. The quantitative estimate of drug-likeness (QED) is 0.741. The van der Waals surface area contributed by atoms with E-state index in [0.717, 1.165) is 9.88 Å². The van der Waals surface area contributed by atoms with Gasteiger partial charge in [0, 0.05) is 35.6 Å². The van der Waals surface area contributed by atoms with Gasteiger partial charge in [-0.05, 0) is 26.0 Å². The van der Waals surface area contributed by atoms with Crippen molar-refractivity contribution < 1.29 is 9.59 Å². The Bertz CT molecular complexity index is 926. The summed E-state index contributed by atoms with van der Waals surface area (Å²) >= 11 is 1.48. The summed E-state index contributed by atoms with van der Waals surface area (Å²) in [6.07, 6.45) is 3.29. The Labute approximate surface area is 143 Å². The molecule has 3 aromatic rings. The second kappa shape index (κ2) is 6.37. The Morgan fingerprint density at radius 2 is 2.04 bits per heavy atom. The fraction of sp³-hybridized carbons (Fsp3) is 0.176. The van der Waals surface area contributed by atoms with Gasteiger partial charge in [0.2, 0.25) is 5.78 Å². The summed E-state index contributed by atoms with van der Waals surface area (Å²) in [6.45, 7) is 3.72. The van der Waals surface area contributed by atoms with Crippen molar-refractivity contribution in [2.24, 2.45) is 7.05 Å². The van der Waals surface area contributed by atoms with Crippen molar-refractivity contribution in [3.05, 3.63) is 63.6 Å². The zero-order chi connectivity index (χ0) is 17.3. The van der Waals surface area contributed by atoms with Gasteiger partial charge in [-0.1, -0.05) is 12.1 Å². The highest BCUT2D eigenvalue weighted by Gasteiger charge is 2.17. The Balaban J connectivity index is 1.83. The summed E-state index contributed by atoms with van der Waals surface area (Å²) in [5.74, 6) is -0.123. The monoisotopic (exact) mass is 340 g/mol. The smallest absolute Gasteiger partial charge is 0.275 e. The number of thiazole rings is 1.